The van der Waals surface area contributed by atoms with Gasteiger partial charge in [-0.05, 0) is 13.0 Å². The Bertz CT molecular complexity index is 400. The summed E-state index contributed by atoms with van der Waals surface area (Å²) < 4.78 is 21.6. The molecule has 3 N–H and O–H groups in total. The molecule has 0 aliphatic rings. The smallest absolute Gasteiger partial charge is 0.215 e. The minimum absolute atomic E-state index is 0.175. The number of sulfonamides is 1. The Kier molecular flexibility index (Phi) is 4.65. The van der Waals surface area contributed by atoms with E-state index in [1.165, 1.54) is 11.3 Å². The van der Waals surface area contributed by atoms with Crippen LogP contribution >= 0.6 is 11.3 Å². The van der Waals surface area contributed by atoms with Gasteiger partial charge >= 0.3 is 0 Å². The molecule has 0 radical (unpaired) electrons. The molecule has 0 bridgehead atoms. The molecule has 86 valence electrons. The number of primary sulfonamides is 1. The maximum Gasteiger partial charge on any atom is 0.215 e. The first-order chi connectivity index (χ1) is 7.01. The molecule has 5 nitrogen and oxygen atoms in total. The minimum atomic E-state index is -3.46. The van der Waals surface area contributed by atoms with Gasteiger partial charge in [-0.1, -0.05) is 6.92 Å². The van der Waals surface area contributed by atoms with Gasteiger partial charge in [0.05, 0.1) is 5.69 Å². The monoisotopic (exact) mass is 249 g/mol. The molecule has 0 atom stereocenters. The van der Waals surface area contributed by atoms with E-state index in [0.717, 1.165) is 18.7 Å². The van der Waals surface area contributed by atoms with Crippen LogP contribution in [0.1, 0.15) is 24.0 Å². The third-order valence-corrected chi connectivity index (χ3v) is 3.41. The van der Waals surface area contributed by atoms with Crippen molar-refractivity contribution in [3.8, 4) is 0 Å². The maximum atomic E-state index is 10.8. The summed E-state index contributed by atoms with van der Waals surface area (Å²) in [7, 11) is -3.46. The van der Waals surface area contributed by atoms with Crippen molar-refractivity contribution in [2.24, 2.45) is 5.14 Å². The van der Waals surface area contributed by atoms with Crippen molar-refractivity contribution in [2.45, 2.75) is 25.6 Å². The van der Waals surface area contributed by atoms with E-state index in [9.17, 15) is 8.42 Å². The van der Waals surface area contributed by atoms with E-state index in [1.54, 1.807) is 0 Å². The molecule has 1 aromatic rings. The molecule has 1 aromatic heterocycles. The van der Waals surface area contributed by atoms with Crippen molar-refractivity contribution >= 4 is 21.4 Å². The van der Waals surface area contributed by atoms with Gasteiger partial charge in [0, 0.05) is 11.9 Å². The average Bonchev–Trinajstić information content (AvgIpc) is 2.50. The fourth-order valence-electron chi connectivity index (χ4n) is 1.06. The normalized spacial score (nSPS) is 11.9. The lowest BCUT2D eigenvalue weighted by Gasteiger charge is -1.98. The zero-order chi connectivity index (χ0) is 11.3. The molecule has 7 heteroatoms. The molecule has 0 saturated heterocycles. The van der Waals surface area contributed by atoms with Gasteiger partial charge in [-0.15, -0.1) is 11.3 Å². The molecule has 15 heavy (non-hydrogen) atoms. The summed E-state index contributed by atoms with van der Waals surface area (Å²) in [6.07, 6.45) is 1.06. The van der Waals surface area contributed by atoms with E-state index >= 15 is 0 Å². The summed E-state index contributed by atoms with van der Waals surface area (Å²) in [5.74, 6) is -0.175. The van der Waals surface area contributed by atoms with E-state index < -0.39 is 10.0 Å². The van der Waals surface area contributed by atoms with Gasteiger partial charge in [-0.3, -0.25) is 0 Å². The minimum Gasteiger partial charge on any atom is -0.311 e. The molecule has 0 unspecified atom stereocenters. The Labute approximate surface area is 93.8 Å². The van der Waals surface area contributed by atoms with E-state index in [2.05, 4.69) is 17.2 Å². The second-order valence-electron chi connectivity index (χ2n) is 3.22. The molecule has 0 amide bonds. The highest BCUT2D eigenvalue weighted by atomic mass is 32.2. The van der Waals surface area contributed by atoms with Crippen molar-refractivity contribution in [2.75, 3.05) is 6.54 Å². The highest BCUT2D eigenvalue weighted by molar-refractivity contribution is 7.88. The maximum absolute atomic E-state index is 10.8. The molecule has 1 rings (SSSR count). The van der Waals surface area contributed by atoms with Crippen molar-refractivity contribution in [1.29, 1.82) is 0 Å². The third kappa shape index (κ3) is 5.22. The summed E-state index contributed by atoms with van der Waals surface area (Å²) >= 11 is 1.32. The average molecular weight is 249 g/mol. The number of aromatic nitrogens is 1. The van der Waals surface area contributed by atoms with E-state index in [1.807, 2.05) is 5.38 Å². The quantitative estimate of drug-likeness (QED) is 0.716. The molecule has 0 saturated carbocycles. The lowest BCUT2D eigenvalue weighted by atomic mass is 10.4. The first kappa shape index (κ1) is 12.6. The number of hydrogen-bond donors (Lipinski definition) is 2. The fourth-order valence-corrected chi connectivity index (χ4v) is 2.81. The topological polar surface area (TPSA) is 85.1 Å². The van der Waals surface area contributed by atoms with Crippen LogP contribution in [0.2, 0.25) is 0 Å². The Hall–Kier alpha value is -0.500. The van der Waals surface area contributed by atoms with Gasteiger partial charge in [0.1, 0.15) is 10.8 Å². The lowest BCUT2D eigenvalue weighted by Crippen LogP contribution is -2.15. The molecule has 0 aromatic carbocycles. The fraction of sp³-hybridized carbons (Fsp3) is 0.625. The van der Waals surface area contributed by atoms with Crippen molar-refractivity contribution in [3.05, 3.63) is 16.1 Å². The van der Waals surface area contributed by atoms with Crippen molar-refractivity contribution in [1.82, 2.24) is 10.3 Å². The van der Waals surface area contributed by atoms with Crippen LogP contribution in [0.5, 0.6) is 0 Å². The van der Waals surface area contributed by atoms with E-state index in [0.29, 0.717) is 11.6 Å². The second-order valence-corrected chi connectivity index (χ2v) is 5.77. The zero-order valence-electron chi connectivity index (χ0n) is 8.56. The molecule has 1 heterocycles. The van der Waals surface area contributed by atoms with Gasteiger partial charge in [0.2, 0.25) is 10.0 Å². The number of hydrogen-bond acceptors (Lipinski definition) is 5. The highest BCUT2D eigenvalue weighted by Crippen LogP contribution is 2.11. The predicted molar refractivity (Wildman–Crippen MR) is 60.9 cm³/mol. The van der Waals surface area contributed by atoms with Gasteiger partial charge in [-0.2, -0.15) is 0 Å². The van der Waals surface area contributed by atoms with Crippen LogP contribution in [0.25, 0.3) is 0 Å². The van der Waals surface area contributed by atoms with Crippen LogP contribution in [0, 0.1) is 0 Å². The zero-order valence-corrected chi connectivity index (χ0v) is 10.2. The number of nitrogens with one attached hydrogen (secondary N) is 1. The Morgan fingerprint density at radius 3 is 2.93 bits per heavy atom. The van der Waals surface area contributed by atoms with Crippen LogP contribution in [-0.2, 0) is 22.3 Å². The lowest BCUT2D eigenvalue weighted by molar-refractivity contribution is 0.596. The standard InChI is InChI=1S/C8H15N3O2S2/c1-2-3-10-4-7-5-14-8(11-7)6-15(9,12)13/h5,10H,2-4,6H2,1H3,(H2,9,12,13). The van der Waals surface area contributed by atoms with E-state index in [-0.39, 0.29) is 5.75 Å². The number of nitrogens with two attached hydrogens (primary N) is 1. The van der Waals surface area contributed by atoms with Gasteiger partial charge in [0.25, 0.3) is 0 Å². The van der Waals surface area contributed by atoms with E-state index in [4.69, 9.17) is 5.14 Å². The van der Waals surface area contributed by atoms with Crippen LogP contribution in [0.4, 0.5) is 0 Å². The molecule has 0 spiro atoms. The summed E-state index contributed by atoms with van der Waals surface area (Å²) in [4.78, 5) is 4.16. The second kappa shape index (κ2) is 5.55. The largest absolute Gasteiger partial charge is 0.311 e. The summed E-state index contributed by atoms with van der Waals surface area (Å²) in [6, 6.07) is 0. The molecule has 0 aliphatic heterocycles. The van der Waals surface area contributed by atoms with Crippen molar-refractivity contribution < 1.29 is 8.42 Å². The SMILES string of the molecule is CCCNCc1csc(CS(N)(=O)=O)n1. The first-order valence-corrected chi connectivity index (χ1v) is 7.25. The molecule has 0 fully saturated rings. The predicted octanol–water partition coefficient (Wildman–Crippen LogP) is 0.431. The van der Waals surface area contributed by atoms with Crippen LogP contribution in [0.15, 0.2) is 5.38 Å². The third-order valence-electron chi connectivity index (χ3n) is 1.66. The summed E-state index contributed by atoms with van der Waals surface area (Å²) in [5, 5.41) is 10.5. The van der Waals surface area contributed by atoms with Crippen molar-refractivity contribution in [3.63, 3.8) is 0 Å². The molecular formula is C8H15N3O2S2. The first-order valence-electron chi connectivity index (χ1n) is 4.65. The Morgan fingerprint density at radius 2 is 2.33 bits per heavy atom. The van der Waals surface area contributed by atoms with Gasteiger partial charge in [0.15, 0.2) is 0 Å². The van der Waals surface area contributed by atoms with Gasteiger partial charge < -0.3 is 5.32 Å². The van der Waals surface area contributed by atoms with Crippen LogP contribution in [-0.4, -0.2) is 19.9 Å². The van der Waals surface area contributed by atoms with Crippen LogP contribution in [0.3, 0.4) is 0 Å². The molecule has 0 aliphatic carbocycles. The Morgan fingerprint density at radius 1 is 1.60 bits per heavy atom. The molecular weight excluding hydrogens is 234 g/mol. The summed E-state index contributed by atoms with van der Waals surface area (Å²) in [5.41, 5.74) is 0.868. The number of nitrogens with zero attached hydrogens (tertiary/aromatic N) is 1. The Balaban J connectivity index is 2.49. The number of rotatable bonds is 6. The number of thiazole rings is 1. The van der Waals surface area contributed by atoms with Crippen LogP contribution < -0.4 is 10.5 Å². The van der Waals surface area contributed by atoms with Gasteiger partial charge in [-0.25, -0.2) is 18.5 Å². The highest BCUT2D eigenvalue weighted by Gasteiger charge is 2.09. The summed E-state index contributed by atoms with van der Waals surface area (Å²) in [6.45, 7) is 3.69.